The van der Waals surface area contributed by atoms with Crippen LogP contribution in [0.1, 0.15) is 17.4 Å². The van der Waals surface area contributed by atoms with E-state index in [1.807, 2.05) is 48.5 Å². The van der Waals surface area contributed by atoms with E-state index in [4.69, 9.17) is 15.0 Å². The molecular formula is C16H15BrN2O2. The molecule has 1 heterocycles. The number of nitrogens with two attached hydrogens (primary N) is 1. The fraction of sp³-hybridized carbons (Fsp3) is 0.125. The molecule has 1 unspecified atom stereocenters. The molecule has 2 aromatic carbocycles. The molecule has 3 rings (SSSR count). The molecule has 0 fully saturated rings. The number of rotatable bonds is 4. The average Bonchev–Trinajstić information content (AvgIpc) is 2.93. The zero-order valence-electron chi connectivity index (χ0n) is 11.5. The maximum atomic E-state index is 5.95. The molecular weight excluding hydrogens is 332 g/mol. The Labute approximate surface area is 131 Å². The summed E-state index contributed by atoms with van der Waals surface area (Å²) in [5.74, 6) is 7.27. The number of halogens is 1. The van der Waals surface area contributed by atoms with Crippen molar-refractivity contribution in [2.75, 3.05) is 7.11 Å². The lowest BCUT2D eigenvalue weighted by Gasteiger charge is -2.14. The van der Waals surface area contributed by atoms with Crippen molar-refractivity contribution < 1.29 is 9.15 Å². The molecule has 1 aromatic heterocycles. The summed E-state index contributed by atoms with van der Waals surface area (Å²) in [5, 5.41) is 1.03. The Bertz CT molecular complexity index is 770. The van der Waals surface area contributed by atoms with Gasteiger partial charge in [0.25, 0.3) is 0 Å². The second-order valence-corrected chi connectivity index (χ2v) is 5.54. The van der Waals surface area contributed by atoms with E-state index in [0.29, 0.717) is 0 Å². The number of hydrogen-bond acceptors (Lipinski definition) is 4. The fourth-order valence-electron chi connectivity index (χ4n) is 2.35. The Kier molecular flexibility index (Phi) is 3.96. The Morgan fingerprint density at radius 1 is 1.19 bits per heavy atom. The summed E-state index contributed by atoms with van der Waals surface area (Å²) in [6.07, 6.45) is 0. The van der Waals surface area contributed by atoms with Gasteiger partial charge in [-0.15, -0.1) is 0 Å². The van der Waals surface area contributed by atoms with Crippen molar-refractivity contribution in [2.45, 2.75) is 6.04 Å². The van der Waals surface area contributed by atoms with Gasteiger partial charge in [0, 0.05) is 5.39 Å². The molecule has 0 spiro atoms. The van der Waals surface area contributed by atoms with Gasteiger partial charge in [-0.2, -0.15) is 0 Å². The zero-order valence-corrected chi connectivity index (χ0v) is 13.1. The molecule has 0 aliphatic carbocycles. The normalized spacial score (nSPS) is 12.5. The van der Waals surface area contributed by atoms with E-state index in [-0.39, 0.29) is 6.04 Å². The van der Waals surface area contributed by atoms with Crippen LogP contribution in [0.2, 0.25) is 0 Å². The van der Waals surface area contributed by atoms with E-state index in [0.717, 1.165) is 32.5 Å². The number of hydrogen-bond donors (Lipinski definition) is 2. The number of benzene rings is 2. The number of furan rings is 1. The minimum absolute atomic E-state index is 0.237. The summed E-state index contributed by atoms with van der Waals surface area (Å²) in [6.45, 7) is 0. The molecule has 0 radical (unpaired) electrons. The largest absolute Gasteiger partial charge is 0.497 e. The van der Waals surface area contributed by atoms with E-state index in [2.05, 4.69) is 21.4 Å². The third kappa shape index (κ3) is 2.68. The molecule has 4 nitrogen and oxygen atoms in total. The van der Waals surface area contributed by atoms with Crippen molar-refractivity contribution in [1.29, 1.82) is 0 Å². The van der Waals surface area contributed by atoms with Gasteiger partial charge in [0.15, 0.2) is 0 Å². The standard InChI is InChI=1S/C16H15BrN2O2/c1-20-12-6-2-4-10(8-12)15(19-18)14-9-11-5-3-7-13(17)16(11)21-14/h2-9,15,19H,18H2,1H3. The van der Waals surface area contributed by atoms with Gasteiger partial charge in [-0.3, -0.25) is 5.84 Å². The lowest BCUT2D eigenvalue weighted by molar-refractivity contribution is 0.412. The highest BCUT2D eigenvalue weighted by atomic mass is 79.9. The van der Waals surface area contributed by atoms with Crippen molar-refractivity contribution in [3.63, 3.8) is 0 Å². The van der Waals surface area contributed by atoms with Crippen LogP contribution in [0.25, 0.3) is 11.0 Å². The number of para-hydroxylation sites is 1. The van der Waals surface area contributed by atoms with Crippen LogP contribution < -0.4 is 16.0 Å². The van der Waals surface area contributed by atoms with E-state index in [1.165, 1.54) is 0 Å². The first-order valence-corrected chi connectivity index (χ1v) is 7.30. The van der Waals surface area contributed by atoms with Gasteiger partial charge in [0.05, 0.1) is 11.6 Å². The van der Waals surface area contributed by atoms with E-state index in [9.17, 15) is 0 Å². The first-order valence-electron chi connectivity index (χ1n) is 6.51. The second kappa shape index (κ2) is 5.89. The van der Waals surface area contributed by atoms with Gasteiger partial charge in [0.2, 0.25) is 0 Å². The van der Waals surface area contributed by atoms with Gasteiger partial charge >= 0.3 is 0 Å². The Balaban J connectivity index is 2.07. The van der Waals surface area contributed by atoms with Crippen LogP contribution in [0.3, 0.4) is 0 Å². The number of fused-ring (bicyclic) bond motifs is 1. The van der Waals surface area contributed by atoms with Gasteiger partial charge in [-0.1, -0.05) is 24.3 Å². The Hall–Kier alpha value is -1.82. The van der Waals surface area contributed by atoms with Crippen molar-refractivity contribution >= 4 is 26.9 Å². The number of nitrogens with one attached hydrogen (secondary N) is 1. The molecule has 3 N–H and O–H groups in total. The fourth-order valence-corrected chi connectivity index (χ4v) is 2.82. The molecule has 0 amide bonds. The first-order chi connectivity index (χ1) is 10.2. The highest BCUT2D eigenvalue weighted by Crippen LogP contribution is 2.32. The molecule has 5 heteroatoms. The lowest BCUT2D eigenvalue weighted by Crippen LogP contribution is -2.28. The molecule has 21 heavy (non-hydrogen) atoms. The predicted octanol–water partition coefficient (Wildman–Crippen LogP) is 3.76. The summed E-state index contributed by atoms with van der Waals surface area (Å²) in [4.78, 5) is 0. The molecule has 3 aromatic rings. The van der Waals surface area contributed by atoms with Gasteiger partial charge in [-0.05, 0) is 45.8 Å². The van der Waals surface area contributed by atoms with Crippen molar-refractivity contribution in [3.8, 4) is 5.75 Å². The number of hydrazine groups is 1. The van der Waals surface area contributed by atoms with Crippen molar-refractivity contribution in [3.05, 3.63) is 64.3 Å². The van der Waals surface area contributed by atoms with E-state index in [1.54, 1.807) is 7.11 Å². The molecule has 0 saturated carbocycles. The zero-order chi connectivity index (χ0) is 14.8. The van der Waals surface area contributed by atoms with Gasteiger partial charge in [-0.25, -0.2) is 5.43 Å². The second-order valence-electron chi connectivity index (χ2n) is 4.68. The molecule has 0 aliphatic heterocycles. The summed E-state index contributed by atoms with van der Waals surface area (Å²) >= 11 is 3.49. The third-order valence-electron chi connectivity index (χ3n) is 3.39. The summed E-state index contributed by atoms with van der Waals surface area (Å²) in [5.41, 5.74) is 4.60. The van der Waals surface area contributed by atoms with Crippen LogP contribution >= 0.6 is 15.9 Å². The quantitative estimate of drug-likeness (QED) is 0.557. The SMILES string of the molecule is COc1cccc(C(NN)c2cc3cccc(Br)c3o2)c1. The summed E-state index contributed by atoms with van der Waals surface area (Å²) < 4.78 is 12.1. The lowest BCUT2D eigenvalue weighted by atomic mass is 10.0. The number of methoxy groups -OCH3 is 1. The van der Waals surface area contributed by atoms with Crippen LogP contribution in [0.5, 0.6) is 5.75 Å². The molecule has 0 aliphatic rings. The predicted molar refractivity (Wildman–Crippen MR) is 86.1 cm³/mol. The van der Waals surface area contributed by atoms with Gasteiger partial charge in [0.1, 0.15) is 23.1 Å². The smallest absolute Gasteiger partial charge is 0.148 e. The maximum Gasteiger partial charge on any atom is 0.148 e. The minimum atomic E-state index is -0.237. The van der Waals surface area contributed by atoms with Crippen molar-refractivity contribution in [2.24, 2.45) is 5.84 Å². The first kappa shape index (κ1) is 14.1. The van der Waals surface area contributed by atoms with Crippen LogP contribution in [-0.4, -0.2) is 7.11 Å². The maximum absolute atomic E-state index is 5.95. The monoisotopic (exact) mass is 346 g/mol. The minimum Gasteiger partial charge on any atom is -0.497 e. The van der Waals surface area contributed by atoms with E-state index < -0.39 is 0 Å². The Morgan fingerprint density at radius 2 is 2.00 bits per heavy atom. The third-order valence-corrected chi connectivity index (χ3v) is 4.02. The highest BCUT2D eigenvalue weighted by Gasteiger charge is 2.18. The molecule has 0 saturated heterocycles. The van der Waals surface area contributed by atoms with Crippen LogP contribution in [-0.2, 0) is 0 Å². The van der Waals surface area contributed by atoms with Crippen LogP contribution in [0.4, 0.5) is 0 Å². The number of ether oxygens (including phenoxy) is 1. The molecule has 1 atom stereocenters. The average molecular weight is 347 g/mol. The molecule has 0 bridgehead atoms. The highest BCUT2D eigenvalue weighted by molar-refractivity contribution is 9.10. The van der Waals surface area contributed by atoms with Crippen LogP contribution in [0, 0.1) is 0 Å². The van der Waals surface area contributed by atoms with Crippen molar-refractivity contribution in [1.82, 2.24) is 5.43 Å². The van der Waals surface area contributed by atoms with Crippen LogP contribution in [0.15, 0.2) is 57.4 Å². The summed E-state index contributed by atoms with van der Waals surface area (Å²) in [7, 11) is 1.64. The van der Waals surface area contributed by atoms with Gasteiger partial charge < -0.3 is 9.15 Å². The molecule has 108 valence electrons. The topological polar surface area (TPSA) is 60.4 Å². The summed E-state index contributed by atoms with van der Waals surface area (Å²) in [6, 6.07) is 15.4. The van der Waals surface area contributed by atoms with E-state index >= 15 is 0 Å². The Morgan fingerprint density at radius 3 is 2.71 bits per heavy atom.